The largest absolute Gasteiger partial charge is 0.0995 e. The van der Waals surface area contributed by atoms with Gasteiger partial charge in [-0.25, -0.2) is 0 Å². The summed E-state index contributed by atoms with van der Waals surface area (Å²) in [5.41, 5.74) is 3.10. The fourth-order valence-electron chi connectivity index (χ4n) is 4.05. The monoisotopic (exact) mass is 317 g/mol. The third-order valence-corrected chi connectivity index (χ3v) is 9.74. The minimum absolute atomic E-state index is 0.619. The molecular formula is C22H22P+. The van der Waals surface area contributed by atoms with E-state index in [-0.39, 0.29) is 0 Å². The number of hydrogen-bond acceptors (Lipinski definition) is 0. The van der Waals surface area contributed by atoms with Crippen molar-refractivity contribution in [3.63, 3.8) is 0 Å². The second-order valence-corrected chi connectivity index (χ2v) is 10.2. The third-order valence-electron chi connectivity index (χ3n) is 5.11. The van der Waals surface area contributed by atoms with Crippen molar-refractivity contribution in [2.24, 2.45) is 0 Å². The molecule has 1 aliphatic rings. The smallest absolute Gasteiger partial charge is 0.0620 e. The van der Waals surface area contributed by atoms with Crippen LogP contribution in [0, 0.1) is 0 Å². The molecule has 1 aliphatic heterocycles. The third kappa shape index (κ3) is 2.52. The van der Waals surface area contributed by atoms with E-state index >= 15 is 0 Å². The van der Waals surface area contributed by atoms with Gasteiger partial charge in [-0.05, 0) is 35.4 Å². The Bertz CT molecular complexity index is 753. The predicted octanol–water partition coefficient (Wildman–Crippen LogP) is 4.97. The first-order chi connectivity index (χ1) is 11.3. The lowest BCUT2D eigenvalue weighted by Crippen LogP contribution is -2.31. The fraction of sp³-hybridized carbons (Fsp3) is 0.182. The van der Waals surface area contributed by atoms with E-state index in [1.54, 1.807) is 21.7 Å². The van der Waals surface area contributed by atoms with E-state index in [1.165, 1.54) is 12.3 Å². The average molecular weight is 317 g/mol. The normalized spacial score (nSPS) is 19.1. The van der Waals surface area contributed by atoms with Crippen LogP contribution in [0.2, 0.25) is 0 Å². The highest BCUT2D eigenvalue weighted by molar-refractivity contribution is 7.89. The highest BCUT2D eigenvalue weighted by Gasteiger charge is 2.47. The van der Waals surface area contributed by atoms with Gasteiger partial charge in [0.05, 0.1) is 30.2 Å². The van der Waals surface area contributed by atoms with Gasteiger partial charge in [-0.3, -0.25) is 0 Å². The molecule has 1 heteroatoms. The van der Waals surface area contributed by atoms with Gasteiger partial charge in [-0.1, -0.05) is 67.6 Å². The number of hydrogen-bond donors (Lipinski definition) is 0. The summed E-state index contributed by atoms with van der Waals surface area (Å²) >= 11 is 0. The molecule has 1 heterocycles. The van der Waals surface area contributed by atoms with Crippen LogP contribution in [-0.2, 0) is 6.16 Å². The highest BCUT2D eigenvalue weighted by atomic mass is 31.2. The summed E-state index contributed by atoms with van der Waals surface area (Å²) < 4.78 is 0. The quantitative estimate of drug-likeness (QED) is 0.585. The van der Waals surface area contributed by atoms with Crippen LogP contribution in [0.15, 0.2) is 84.9 Å². The summed E-state index contributed by atoms with van der Waals surface area (Å²) in [6, 6.07) is 31.5. The van der Waals surface area contributed by atoms with Crippen molar-refractivity contribution in [1.29, 1.82) is 0 Å². The molecule has 0 aliphatic carbocycles. The van der Waals surface area contributed by atoms with E-state index in [9.17, 15) is 0 Å². The van der Waals surface area contributed by atoms with Crippen molar-refractivity contribution in [2.75, 3.05) is 6.16 Å². The van der Waals surface area contributed by atoms with Crippen molar-refractivity contribution in [2.45, 2.75) is 19.0 Å². The SMILES string of the molecule is C[C@H]1C[P+](c2ccccc2)(c2ccccc2)Cc2ccccc21. The molecule has 0 amide bonds. The summed E-state index contributed by atoms with van der Waals surface area (Å²) in [5.74, 6) is 0.619. The van der Waals surface area contributed by atoms with Crippen LogP contribution in [0.3, 0.4) is 0 Å². The Hall–Kier alpha value is -1.91. The lowest BCUT2D eigenvalue weighted by Gasteiger charge is -2.35. The summed E-state index contributed by atoms with van der Waals surface area (Å²) in [5, 5.41) is 3.10. The van der Waals surface area contributed by atoms with Crippen molar-refractivity contribution < 1.29 is 0 Å². The molecule has 3 aromatic rings. The minimum Gasteiger partial charge on any atom is -0.0620 e. The fourth-order valence-corrected chi connectivity index (χ4v) is 8.75. The van der Waals surface area contributed by atoms with Gasteiger partial charge in [0.15, 0.2) is 0 Å². The van der Waals surface area contributed by atoms with Crippen molar-refractivity contribution >= 4 is 17.9 Å². The van der Waals surface area contributed by atoms with Crippen LogP contribution in [0.1, 0.15) is 24.0 Å². The maximum absolute atomic E-state index is 2.40. The van der Waals surface area contributed by atoms with Crippen LogP contribution in [0.4, 0.5) is 0 Å². The number of rotatable bonds is 2. The molecule has 0 saturated carbocycles. The molecule has 23 heavy (non-hydrogen) atoms. The molecule has 0 bridgehead atoms. The van der Waals surface area contributed by atoms with Crippen molar-refractivity contribution in [1.82, 2.24) is 0 Å². The minimum atomic E-state index is -1.38. The van der Waals surface area contributed by atoms with Gasteiger partial charge >= 0.3 is 0 Å². The first kappa shape index (κ1) is 14.7. The number of fused-ring (bicyclic) bond motifs is 1. The Morgan fingerprint density at radius 1 is 0.696 bits per heavy atom. The maximum atomic E-state index is 2.40. The molecule has 0 nitrogen and oxygen atoms in total. The summed E-state index contributed by atoms with van der Waals surface area (Å²) in [6.07, 6.45) is 2.47. The van der Waals surface area contributed by atoms with Gasteiger partial charge < -0.3 is 0 Å². The lowest BCUT2D eigenvalue weighted by molar-refractivity contribution is 0.841. The van der Waals surface area contributed by atoms with E-state index in [0.29, 0.717) is 5.92 Å². The van der Waals surface area contributed by atoms with E-state index in [2.05, 4.69) is 91.9 Å². The number of benzene rings is 3. The second kappa shape index (κ2) is 5.95. The van der Waals surface area contributed by atoms with Crippen LogP contribution in [-0.4, -0.2) is 6.16 Å². The summed E-state index contributed by atoms with van der Waals surface area (Å²) in [6.45, 7) is 2.40. The summed E-state index contributed by atoms with van der Waals surface area (Å²) in [7, 11) is -1.38. The van der Waals surface area contributed by atoms with Gasteiger partial charge in [-0.2, -0.15) is 0 Å². The first-order valence-corrected chi connectivity index (χ1v) is 10.5. The summed E-state index contributed by atoms with van der Waals surface area (Å²) in [4.78, 5) is 0. The molecule has 0 radical (unpaired) electrons. The van der Waals surface area contributed by atoms with Gasteiger partial charge in [0.25, 0.3) is 0 Å². The van der Waals surface area contributed by atoms with Crippen LogP contribution < -0.4 is 10.6 Å². The van der Waals surface area contributed by atoms with Gasteiger partial charge in [-0.15, -0.1) is 0 Å². The predicted molar refractivity (Wildman–Crippen MR) is 103 cm³/mol. The zero-order valence-corrected chi connectivity index (χ0v) is 14.4. The molecule has 3 aromatic carbocycles. The standard InChI is InChI=1S/C22H22P/c1-18-16-23(20-11-4-2-5-12-20,21-13-6-3-7-14-21)17-19-10-8-9-15-22(18)19/h2-15,18H,16-17H2,1H3/q+1/t18-/m0/s1. The molecule has 0 fully saturated rings. The lowest BCUT2D eigenvalue weighted by atomic mass is 9.98. The maximum Gasteiger partial charge on any atom is 0.0995 e. The molecule has 0 N–H and O–H groups in total. The van der Waals surface area contributed by atoms with Crippen LogP contribution in [0.25, 0.3) is 0 Å². The second-order valence-electron chi connectivity index (χ2n) is 6.58. The topological polar surface area (TPSA) is 0 Å². The van der Waals surface area contributed by atoms with Crippen molar-refractivity contribution in [3.05, 3.63) is 96.1 Å². The zero-order chi connectivity index (χ0) is 15.7. The Morgan fingerprint density at radius 3 is 1.83 bits per heavy atom. The van der Waals surface area contributed by atoms with Crippen LogP contribution >= 0.6 is 7.26 Å². The van der Waals surface area contributed by atoms with Crippen molar-refractivity contribution in [3.8, 4) is 0 Å². The molecule has 114 valence electrons. The zero-order valence-electron chi connectivity index (χ0n) is 13.5. The molecule has 0 unspecified atom stereocenters. The van der Waals surface area contributed by atoms with E-state index in [4.69, 9.17) is 0 Å². The molecule has 4 rings (SSSR count). The molecule has 0 saturated heterocycles. The Kier molecular flexibility index (Phi) is 3.79. The first-order valence-electron chi connectivity index (χ1n) is 8.36. The Labute approximate surface area is 139 Å². The highest BCUT2D eigenvalue weighted by Crippen LogP contribution is 2.64. The molecular weight excluding hydrogens is 295 g/mol. The van der Waals surface area contributed by atoms with Gasteiger partial charge in [0.2, 0.25) is 0 Å². The van der Waals surface area contributed by atoms with E-state index in [1.807, 2.05) is 0 Å². The Morgan fingerprint density at radius 2 is 1.22 bits per heavy atom. The molecule has 0 aromatic heterocycles. The van der Waals surface area contributed by atoms with Gasteiger partial charge in [0, 0.05) is 5.92 Å². The Balaban J connectivity index is 1.92. The van der Waals surface area contributed by atoms with E-state index in [0.717, 1.165) is 0 Å². The van der Waals surface area contributed by atoms with E-state index < -0.39 is 7.26 Å². The molecule has 1 atom stereocenters. The molecule has 0 spiro atoms. The average Bonchev–Trinajstić information content (AvgIpc) is 2.63. The van der Waals surface area contributed by atoms with Gasteiger partial charge in [0.1, 0.15) is 0 Å². The van der Waals surface area contributed by atoms with Crippen LogP contribution in [0.5, 0.6) is 0 Å².